The molecule has 5 heteroatoms. The first-order valence-corrected chi connectivity index (χ1v) is 8.40. The molecule has 3 nitrogen and oxygen atoms in total. The molecule has 2 aromatic heterocycles. The fourth-order valence-corrected chi connectivity index (χ4v) is 3.66. The number of aromatic nitrogens is 3. The van der Waals surface area contributed by atoms with E-state index in [1.165, 1.54) is 5.56 Å². The SMILES string of the molecule is Cc1ccc2c(c1)nc(CCCl)n2C(C)(C)c1nccs1. The summed E-state index contributed by atoms with van der Waals surface area (Å²) >= 11 is 7.65. The lowest BCUT2D eigenvalue weighted by molar-refractivity contribution is 0.431. The minimum absolute atomic E-state index is 0.237. The molecule has 21 heavy (non-hydrogen) atoms. The Hall–Kier alpha value is -1.39. The van der Waals surface area contributed by atoms with Gasteiger partial charge in [-0.15, -0.1) is 22.9 Å². The minimum Gasteiger partial charge on any atom is -0.316 e. The molecule has 0 aliphatic heterocycles. The second kappa shape index (κ2) is 5.43. The van der Waals surface area contributed by atoms with Crippen LogP contribution in [0.5, 0.6) is 0 Å². The maximum Gasteiger partial charge on any atom is 0.118 e. The summed E-state index contributed by atoms with van der Waals surface area (Å²) in [5.74, 6) is 1.58. The van der Waals surface area contributed by atoms with Crippen LogP contribution in [0, 0.1) is 6.92 Å². The zero-order valence-electron chi connectivity index (χ0n) is 12.4. The van der Waals surface area contributed by atoms with Crippen LogP contribution in [0.2, 0.25) is 0 Å². The first-order valence-electron chi connectivity index (χ1n) is 6.98. The smallest absolute Gasteiger partial charge is 0.118 e. The number of fused-ring (bicyclic) bond motifs is 1. The van der Waals surface area contributed by atoms with Crippen molar-refractivity contribution in [1.82, 2.24) is 14.5 Å². The Labute approximate surface area is 133 Å². The molecule has 0 N–H and O–H groups in total. The van der Waals surface area contributed by atoms with Gasteiger partial charge in [0.15, 0.2) is 0 Å². The average molecular weight is 320 g/mol. The Kier molecular flexibility index (Phi) is 3.76. The van der Waals surface area contributed by atoms with Gasteiger partial charge < -0.3 is 4.57 Å². The van der Waals surface area contributed by atoms with Crippen molar-refractivity contribution in [2.24, 2.45) is 0 Å². The molecule has 3 rings (SSSR count). The van der Waals surface area contributed by atoms with Gasteiger partial charge in [-0.05, 0) is 38.5 Å². The van der Waals surface area contributed by atoms with Gasteiger partial charge in [-0.1, -0.05) is 6.07 Å². The van der Waals surface area contributed by atoms with Gasteiger partial charge in [0.25, 0.3) is 0 Å². The Bertz CT molecular complexity index is 759. The molecule has 0 aliphatic rings. The number of nitrogens with zero attached hydrogens (tertiary/aromatic N) is 3. The summed E-state index contributed by atoms with van der Waals surface area (Å²) in [5.41, 5.74) is 3.15. The van der Waals surface area contributed by atoms with E-state index in [1.807, 2.05) is 11.6 Å². The fraction of sp³-hybridized carbons (Fsp3) is 0.375. The molecule has 2 heterocycles. The van der Waals surface area contributed by atoms with Crippen LogP contribution in [0.25, 0.3) is 11.0 Å². The van der Waals surface area contributed by atoms with Crippen molar-refractivity contribution in [2.75, 3.05) is 5.88 Å². The zero-order chi connectivity index (χ0) is 15.0. The summed E-state index contributed by atoms with van der Waals surface area (Å²) in [7, 11) is 0. The minimum atomic E-state index is -0.237. The van der Waals surface area contributed by atoms with Crippen LogP contribution >= 0.6 is 22.9 Å². The molecule has 0 atom stereocenters. The van der Waals surface area contributed by atoms with Gasteiger partial charge in [-0.2, -0.15) is 0 Å². The van der Waals surface area contributed by atoms with Crippen molar-refractivity contribution in [3.63, 3.8) is 0 Å². The van der Waals surface area contributed by atoms with Gasteiger partial charge in [0.1, 0.15) is 10.8 Å². The summed E-state index contributed by atoms with van der Waals surface area (Å²) in [6.45, 7) is 6.46. The van der Waals surface area contributed by atoms with E-state index in [1.54, 1.807) is 11.3 Å². The van der Waals surface area contributed by atoms with Gasteiger partial charge in [-0.3, -0.25) is 0 Å². The average Bonchev–Trinajstić information content (AvgIpc) is 3.05. The van der Waals surface area contributed by atoms with E-state index in [0.29, 0.717) is 5.88 Å². The molecule has 0 aliphatic carbocycles. The van der Waals surface area contributed by atoms with E-state index in [2.05, 4.69) is 48.5 Å². The van der Waals surface area contributed by atoms with E-state index in [-0.39, 0.29) is 5.54 Å². The quantitative estimate of drug-likeness (QED) is 0.669. The molecule has 110 valence electrons. The van der Waals surface area contributed by atoms with Crippen LogP contribution in [0.4, 0.5) is 0 Å². The van der Waals surface area contributed by atoms with Gasteiger partial charge in [0.2, 0.25) is 0 Å². The van der Waals surface area contributed by atoms with Crippen molar-refractivity contribution >= 4 is 34.0 Å². The number of hydrogen-bond acceptors (Lipinski definition) is 3. The lowest BCUT2D eigenvalue weighted by Crippen LogP contribution is -2.29. The molecule has 1 aromatic carbocycles. The number of benzene rings is 1. The van der Waals surface area contributed by atoms with Crippen molar-refractivity contribution in [1.29, 1.82) is 0 Å². The third kappa shape index (κ3) is 2.47. The molecule has 0 spiro atoms. The Morgan fingerprint density at radius 1 is 1.33 bits per heavy atom. The first kappa shape index (κ1) is 14.5. The molecule has 0 radical (unpaired) electrons. The second-order valence-electron chi connectivity index (χ2n) is 5.69. The third-order valence-electron chi connectivity index (χ3n) is 3.71. The van der Waals surface area contributed by atoms with Crippen LogP contribution in [-0.2, 0) is 12.0 Å². The van der Waals surface area contributed by atoms with E-state index in [9.17, 15) is 0 Å². The predicted octanol–water partition coefficient (Wildman–Crippen LogP) is 4.37. The maximum absolute atomic E-state index is 5.98. The van der Waals surface area contributed by atoms with Gasteiger partial charge in [0.05, 0.1) is 16.6 Å². The number of halogens is 1. The zero-order valence-corrected chi connectivity index (χ0v) is 14.0. The van der Waals surface area contributed by atoms with E-state index < -0.39 is 0 Å². The highest BCUT2D eigenvalue weighted by atomic mass is 35.5. The fourth-order valence-electron chi connectivity index (χ4n) is 2.74. The molecule has 0 saturated carbocycles. The highest BCUT2D eigenvalue weighted by Crippen LogP contribution is 2.33. The van der Waals surface area contributed by atoms with Crippen LogP contribution in [0.3, 0.4) is 0 Å². The topological polar surface area (TPSA) is 30.7 Å². The Morgan fingerprint density at radius 3 is 2.81 bits per heavy atom. The third-order valence-corrected chi connectivity index (χ3v) is 4.99. The standard InChI is InChI=1S/C16H18ClN3S/c1-11-4-5-13-12(10-11)19-14(6-7-17)20(13)16(2,3)15-18-8-9-21-15/h4-5,8-10H,6-7H2,1-3H3. The number of hydrogen-bond donors (Lipinski definition) is 0. The van der Waals surface area contributed by atoms with E-state index in [0.717, 1.165) is 28.3 Å². The molecule has 0 unspecified atom stereocenters. The van der Waals surface area contributed by atoms with Crippen LogP contribution in [0.15, 0.2) is 29.8 Å². The van der Waals surface area contributed by atoms with Crippen molar-refractivity contribution < 1.29 is 0 Å². The van der Waals surface area contributed by atoms with E-state index in [4.69, 9.17) is 16.6 Å². The lowest BCUT2D eigenvalue weighted by Gasteiger charge is -2.27. The van der Waals surface area contributed by atoms with Gasteiger partial charge in [-0.25, -0.2) is 9.97 Å². The number of thiazole rings is 1. The summed E-state index contributed by atoms with van der Waals surface area (Å²) in [5, 5.41) is 3.10. The number of aryl methyl sites for hydroxylation is 2. The summed E-state index contributed by atoms with van der Waals surface area (Å²) in [6, 6.07) is 6.40. The van der Waals surface area contributed by atoms with Crippen molar-refractivity contribution in [3.8, 4) is 0 Å². The lowest BCUT2D eigenvalue weighted by atomic mass is 10.1. The van der Waals surface area contributed by atoms with Crippen molar-refractivity contribution in [2.45, 2.75) is 32.7 Å². The Balaban J connectivity index is 2.26. The summed E-state index contributed by atoms with van der Waals surface area (Å²) in [4.78, 5) is 9.30. The van der Waals surface area contributed by atoms with Crippen LogP contribution in [-0.4, -0.2) is 20.4 Å². The highest BCUT2D eigenvalue weighted by molar-refractivity contribution is 7.09. The van der Waals surface area contributed by atoms with Gasteiger partial charge in [0, 0.05) is 23.9 Å². The molecule has 0 amide bonds. The first-order chi connectivity index (χ1) is 10.0. The normalized spacial score (nSPS) is 12.2. The van der Waals surface area contributed by atoms with E-state index >= 15 is 0 Å². The molecule has 3 aromatic rings. The van der Waals surface area contributed by atoms with Crippen LogP contribution < -0.4 is 0 Å². The molecular formula is C16H18ClN3S. The number of alkyl halides is 1. The Morgan fingerprint density at radius 2 is 2.14 bits per heavy atom. The monoisotopic (exact) mass is 319 g/mol. The summed E-state index contributed by atoms with van der Waals surface area (Å²) in [6.07, 6.45) is 2.61. The predicted molar refractivity (Wildman–Crippen MR) is 89.4 cm³/mol. The highest BCUT2D eigenvalue weighted by Gasteiger charge is 2.30. The molecule has 0 saturated heterocycles. The van der Waals surface area contributed by atoms with Crippen LogP contribution in [0.1, 0.15) is 30.2 Å². The second-order valence-corrected chi connectivity index (χ2v) is 6.96. The van der Waals surface area contributed by atoms with Gasteiger partial charge >= 0.3 is 0 Å². The van der Waals surface area contributed by atoms with Crippen molar-refractivity contribution in [3.05, 3.63) is 46.2 Å². The maximum atomic E-state index is 5.98. The molecular weight excluding hydrogens is 302 g/mol. The summed E-state index contributed by atoms with van der Waals surface area (Å²) < 4.78 is 2.28. The number of imidazole rings is 1. The number of rotatable bonds is 4. The largest absolute Gasteiger partial charge is 0.316 e. The molecule has 0 bridgehead atoms. The molecule has 0 fully saturated rings.